The largest absolute Gasteiger partial charge is 0.489 e. The first kappa shape index (κ1) is 26.0. The quantitative estimate of drug-likeness (QED) is 0.269. The number of carboxylic acids is 1. The van der Waals surface area contributed by atoms with Crippen LogP contribution in [0.1, 0.15) is 67.6 Å². The van der Waals surface area contributed by atoms with Gasteiger partial charge in [0.2, 0.25) is 5.88 Å². The molecule has 2 aliphatic rings. The first-order valence-electron chi connectivity index (χ1n) is 13.3. The highest BCUT2D eigenvalue weighted by Crippen LogP contribution is 2.47. The topological polar surface area (TPSA) is 68.7 Å². The molecule has 38 heavy (non-hydrogen) atoms. The van der Waals surface area contributed by atoms with Gasteiger partial charge in [-0.3, -0.25) is 4.79 Å². The fourth-order valence-corrected chi connectivity index (χ4v) is 5.90. The molecule has 2 aromatic carbocycles. The lowest BCUT2D eigenvalue weighted by Crippen LogP contribution is -2.20. The maximum absolute atomic E-state index is 15.0. The number of hydrogen-bond acceptors (Lipinski definition) is 4. The SMILES string of the molecule is C=CC1(c2cc(COc3cccc(C(CC(=O)O)C4CC4)c3)ccc2-c2cc(OC)ncc2F)CCCC1. The number of rotatable bonds is 11. The molecule has 1 aromatic heterocycles. The van der Waals surface area contributed by atoms with Crippen molar-refractivity contribution in [2.75, 3.05) is 7.11 Å². The molecule has 2 fully saturated rings. The number of allylic oxidation sites excluding steroid dienone is 1. The van der Waals surface area contributed by atoms with Gasteiger partial charge >= 0.3 is 5.97 Å². The fourth-order valence-electron chi connectivity index (χ4n) is 5.90. The first-order valence-corrected chi connectivity index (χ1v) is 13.3. The Labute approximate surface area is 223 Å². The van der Waals surface area contributed by atoms with E-state index in [1.807, 2.05) is 42.5 Å². The predicted molar refractivity (Wildman–Crippen MR) is 145 cm³/mol. The summed E-state index contributed by atoms with van der Waals surface area (Å²) >= 11 is 0. The van der Waals surface area contributed by atoms with Crippen molar-refractivity contribution >= 4 is 5.97 Å². The average Bonchev–Trinajstić information content (AvgIpc) is 3.66. The van der Waals surface area contributed by atoms with Gasteiger partial charge in [-0.1, -0.05) is 49.2 Å². The summed E-state index contributed by atoms with van der Waals surface area (Å²) < 4.78 is 26.5. The van der Waals surface area contributed by atoms with Crippen LogP contribution in [0.4, 0.5) is 4.39 Å². The van der Waals surface area contributed by atoms with E-state index in [0.29, 0.717) is 29.7 Å². The van der Waals surface area contributed by atoms with Crippen LogP contribution in [0.15, 0.2) is 67.4 Å². The van der Waals surface area contributed by atoms with Gasteiger partial charge in [0, 0.05) is 17.0 Å². The molecule has 1 heterocycles. The molecule has 0 radical (unpaired) electrons. The number of benzene rings is 2. The van der Waals surface area contributed by atoms with Crippen LogP contribution in [0.3, 0.4) is 0 Å². The smallest absolute Gasteiger partial charge is 0.303 e. The van der Waals surface area contributed by atoms with Gasteiger partial charge in [0.05, 0.1) is 19.7 Å². The zero-order valence-electron chi connectivity index (χ0n) is 21.8. The molecule has 6 heteroatoms. The highest BCUT2D eigenvalue weighted by Gasteiger charge is 2.36. The Morgan fingerprint density at radius 1 is 1.18 bits per heavy atom. The van der Waals surface area contributed by atoms with E-state index in [-0.39, 0.29) is 17.8 Å². The van der Waals surface area contributed by atoms with E-state index >= 15 is 0 Å². The summed E-state index contributed by atoms with van der Waals surface area (Å²) in [6.07, 6.45) is 9.64. The van der Waals surface area contributed by atoms with E-state index in [0.717, 1.165) is 60.8 Å². The highest BCUT2D eigenvalue weighted by atomic mass is 19.1. The van der Waals surface area contributed by atoms with Gasteiger partial charge in [-0.15, -0.1) is 6.58 Å². The summed E-state index contributed by atoms with van der Waals surface area (Å²) in [6, 6.07) is 15.5. The number of carbonyl (C=O) groups is 1. The molecule has 0 amide bonds. The van der Waals surface area contributed by atoms with Crippen molar-refractivity contribution in [2.24, 2.45) is 5.92 Å². The number of pyridine rings is 1. The van der Waals surface area contributed by atoms with Crippen molar-refractivity contribution in [2.45, 2.75) is 62.9 Å². The molecule has 0 spiro atoms. The molecule has 2 aliphatic carbocycles. The molecule has 1 unspecified atom stereocenters. The van der Waals surface area contributed by atoms with Crippen molar-refractivity contribution in [3.05, 3.63) is 89.9 Å². The number of hydrogen-bond donors (Lipinski definition) is 1. The second kappa shape index (κ2) is 11.0. The highest BCUT2D eigenvalue weighted by molar-refractivity contribution is 5.71. The summed E-state index contributed by atoms with van der Waals surface area (Å²) in [5.74, 6) is 0.373. The van der Waals surface area contributed by atoms with Gasteiger partial charge in [0.25, 0.3) is 0 Å². The summed E-state index contributed by atoms with van der Waals surface area (Å²) in [4.78, 5) is 15.4. The van der Waals surface area contributed by atoms with Gasteiger partial charge in [0.15, 0.2) is 0 Å². The number of carboxylic acid groups (broad SMARTS) is 1. The van der Waals surface area contributed by atoms with Crippen molar-refractivity contribution < 1.29 is 23.8 Å². The molecule has 0 aliphatic heterocycles. The molecule has 0 bridgehead atoms. The second-order valence-electron chi connectivity index (χ2n) is 10.6. The van der Waals surface area contributed by atoms with Gasteiger partial charge in [-0.05, 0) is 71.9 Å². The zero-order chi connectivity index (χ0) is 26.7. The number of nitrogens with zero attached hydrogens (tertiary/aromatic N) is 1. The third kappa shape index (κ3) is 5.45. The zero-order valence-corrected chi connectivity index (χ0v) is 21.8. The lowest BCUT2D eigenvalue weighted by molar-refractivity contribution is -0.137. The minimum Gasteiger partial charge on any atom is -0.489 e. The summed E-state index contributed by atoms with van der Waals surface area (Å²) in [5, 5.41) is 9.38. The fraction of sp³-hybridized carbons (Fsp3) is 0.375. The maximum atomic E-state index is 15.0. The van der Waals surface area contributed by atoms with Gasteiger partial charge in [-0.25, -0.2) is 9.37 Å². The van der Waals surface area contributed by atoms with E-state index in [1.165, 1.54) is 13.3 Å². The lowest BCUT2D eigenvalue weighted by atomic mass is 9.75. The summed E-state index contributed by atoms with van der Waals surface area (Å²) in [6.45, 7) is 4.51. The van der Waals surface area contributed by atoms with Crippen LogP contribution in [0.5, 0.6) is 11.6 Å². The van der Waals surface area contributed by atoms with Crippen LogP contribution in [0.2, 0.25) is 0 Å². The van der Waals surface area contributed by atoms with Gasteiger partial charge in [-0.2, -0.15) is 0 Å². The second-order valence-corrected chi connectivity index (χ2v) is 10.6. The predicted octanol–water partition coefficient (Wildman–Crippen LogP) is 7.44. The monoisotopic (exact) mass is 515 g/mol. The number of methoxy groups -OCH3 is 1. The van der Waals surface area contributed by atoms with Crippen molar-refractivity contribution in [1.82, 2.24) is 4.98 Å². The van der Waals surface area contributed by atoms with E-state index in [2.05, 4.69) is 17.6 Å². The Bertz CT molecular complexity index is 1330. The number of aliphatic carboxylic acids is 1. The first-order chi connectivity index (χ1) is 18.4. The standard InChI is InChI=1S/C32H34FNO4/c1-3-32(13-4-5-14-32)28-15-21(9-12-25(28)27-17-30(37-2)34-19-29(27)33)20-38-24-8-6-7-23(16-24)26(18-31(35)36)22-10-11-22/h3,6-9,12,15-17,19,22,26H,1,4-5,10-11,13-14,18,20H2,2H3,(H,35,36). The van der Waals surface area contributed by atoms with E-state index in [1.54, 1.807) is 6.07 Å². The molecular weight excluding hydrogens is 481 g/mol. The van der Waals surface area contributed by atoms with E-state index < -0.39 is 11.8 Å². The van der Waals surface area contributed by atoms with E-state index in [4.69, 9.17) is 9.47 Å². The number of halogens is 1. The Hall–Kier alpha value is -3.67. The van der Waals surface area contributed by atoms with Crippen molar-refractivity contribution in [3.63, 3.8) is 0 Å². The molecule has 1 N–H and O–H groups in total. The van der Waals surface area contributed by atoms with Crippen LogP contribution < -0.4 is 9.47 Å². The summed E-state index contributed by atoms with van der Waals surface area (Å²) in [5.41, 5.74) is 4.08. The molecule has 198 valence electrons. The minimum absolute atomic E-state index is 0.0176. The minimum atomic E-state index is -0.771. The lowest BCUT2D eigenvalue weighted by Gasteiger charge is -2.29. The molecule has 2 saturated carbocycles. The van der Waals surface area contributed by atoms with Gasteiger partial charge < -0.3 is 14.6 Å². The molecule has 1 atom stereocenters. The van der Waals surface area contributed by atoms with E-state index in [9.17, 15) is 14.3 Å². The third-order valence-corrected chi connectivity index (χ3v) is 8.11. The molecular formula is C32H34FNO4. The molecule has 0 saturated heterocycles. The average molecular weight is 516 g/mol. The Kier molecular flexibility index (Phi) is 7.50. The van der Waals surface area contributed by atoms with Crippen LogP contribution in [-0.2, 0) is 16.8 Å². The molecule has 3 aromatic rings. The van der Waals surface area contributed by atoms with Crippen molar-refractivity contribution in [1.29, 1.82) is 0 Å². The summed E-state index contributed by atoms with van der Waals surface area (Å²) in [7, 11) is 1.52. The molecule has 5 nitrogen and oxygen atoms in total. The van der Waals surface area contributed by atoms with Gasteiger partial charge in [0.1, 0.15) is 18.2 Å². The van der Waals surface area contributed by atoms with Crippen molar-refractivity contribution in [3.8, 4) is 22.8 Å². The Balaban J connectivity index is 1.44. The van der Waals surface area contributed by atoms with Crippen LogP contribution in [0.25, 0.3) is 11.1 Å². The van der Waals surface area contributed by atoms with Crippen LogP contribution in [-0.4, -0.2) is 23.2 Å². The molecule has 5 rings (SSSR count). The number of ether oxygens (including phenoxy) is 2. The number of aromatic nitrogens is 1. The third-order valence-electron chi connectivity index (χ3n) is 8.11. The van der Waals surface area contributed by atoms with Crippen LogP contribution >= 0.6 is 0 Å². The van der Waals surface area contributed by atoms with Crippen LogP contribution in [0, 0.1) is 11.7 Å². The maximum Gasteiger partial charge on any atom is 0.303 e. The normalized spacial score (nSPS) is 17.1. The Morgan fingerprint density at radius 3 is 2.66 bits per heavy atom. The Morgan fingerprint density at radius 2 is 1.97 bits per heavy atom.